The Kier molecular flexibility index (Phi) is 6.97. The van der Waals surface area contributed by atoms with Gasteiger partial charge in [-0.2, -0.15) is 8.78 Å². The van der Waals surface area contributed by atoms with Crippen molar-refractivity contribution in [1.29, 1.82) is 0 Å². The maximum absolute atomic E-state index is 13.8. The van der Waals surface area contributed by atoms with Crippen molar-refractivity contribution in [2.24, 2.45) is 5.92 Å². The molecule has 1 aliphatic rings. The largest absolute Gasteiger partial charge is 0.477 e. The van der Waals surface area contributed by atoms with Crippen molar-refractivity contribution in [3.05, 3.63) is 35.4 Å². The molecule has 2 rings (SSSR count). The van der Waals surface area contributed by atoms with Gasteiger partial charge in [-0.05, 0) is 62.3 Å². The highest BCUT2D eigenvalue weighted by Crippen LogP contribution is 2.36. The van der Waals surface area contributed by atoms with E-state index in [0.29, 0.717) is 0 Å². The fourth-order valence-corrected chi connectivity index (χ4v) is 3.48. The van der Waals surface area contributed by atoms with Gasteiger partial charge in [0.15, 0.2) is 6.10 Å². The lowest BCUT2D eigenvalue weighted by Gasteiger charge is -2.27. The van der Waals surface area contributed by atoms with E-state index in [2.05, 4.69) is 0 Å². The molecule has 1 aliphatic carbocycles. The number of carboxylic acid groups (broad SMARTS) is 1. The van der Waals surface area contributed by atoms with Gasteiger partial charge < -0.3 is 14.6 Å². The van der Waals surface area contributed by atoms with E-state index in [1.807, 2.05) is 6.92 Å². The molecular formula is C21H26F2O6. The summed E-state index contributed by atoms with van der Waals surface area (Å²) in [5.41, 5.74) is -0.293. The molecule has 1 saturated carbocycles. The standard InChI is InChI=1S/C21H26F2O6/c1-4-20(11-5-6-12-20)29-18(25)15-9-7-14(8-10-15)17(24)28-16(13(2)3)21(22,23)19(26)27/h7-10,13,16H,4-6,11-12H2,1-3H3,(H,26,27). The Morgan fingerprint density at radius 2 is 1.55 bits per heavy atom. The van der Waals surface area contributed by atoms with E-state index in [4.69, 9.17) is 14.6 Å². The first-order valence-electron chi connectivity index (χ1n) is 9.68. The number of benzene rings is 1. The second kappa shape index (κ2) is 8.88. The van der Waals surface area contributed by atoms with Crippen LogP contribution in [0.2, 0.25) is 0 Å². The summed E-state index contributed by atoms with van der Waals surface area (Å²) in [6.07, 6.45) is 2.23. The highest BCUT2D eigenvalue weighted by molar-refractivity contribution is 5.93. The van der Waals surface area contributed by atoms with Crippen molar-refractivity contribution in [3.8, 4) is 0 Å². The number of alkyl halides is 2. The highest BCUT2D eigenvalue weighted by Gasteiger charge is 2.51. The quantitative estimate of drug-likeness (QED) is 0.634. The second-order valence-corrected chi connectivity index (χ2v) is 7.71. The summed E-state index contributed by atoms with van der Waals surface area (Å²) in [4.78, 5) is 35.4. The van der Waals surface area contributed by atoms with Crippen molar-refractivity contribution in [2.45, 2.75) is 70.5 Å². The lowest BCUT2D eigenvalue weighted by molar-refractivity contribution is -0.187. The van der Waals surface area contributed by atoms with E-state index in [-0.39, 0.29) is 11.1 Å². The Labute approximate surface area is 168 Å². The summed E-state index contributed by atoms with van der Waals surface area (Å²) in [6.45, 7) is 4.64. The first-order valence-corrected chi connectivity index (χ1v) is 9.68. The number of ether oxygens (including phenoxy) is 2. The summed E-state index contributed by atoms with van der Waals surface area (Å²) in [7, 11) is 0. The van der Waals surface area contributed by atoms with Gasteiger partial charge in [-0.3, -0.25) is 0 Å². The summed E-state index contributed by atoms with van der Waals surface area (Å²) < 4.78 is 38.1. The molecule has 1 aromatic carbocycles. The molecule has 0 amide bonds. The number of hydrogen-bond acceptors (Lipinski definition) is 5. The number of aliphatic carboxylic acids is 1. The molecule has 1 N–H and O–H groups in total. The molecule has 1 fully saturated rings. The number of esters is 2. The van der Waals surface area contributed by atoms with E-state index in [1.54, 1.807) is 0 Å². The second-order valence-electron chi connectivity index (χ2n) is 7.71. The summed E-state index contributed by atoms with van der Waals surface area (Å²) in [5.74, 6) is -9.10. The molecule has 0 bridgehead atoms. The first kappa shape index (κ1) is 22.8. The summed E-state index contributed by atoms with van der Waals surface area (Å²) >= 11 is 0. The van der Waals surface area contributed by atoms with Gasteiger partial charge in [0.2, 0.25) is 0 Å². The molecule has 1 aromatic rings. The van der Waals surface area contributed by atoms with Gasteiger partial charge in [0.05, 0.1) is 11.1 Å². The molecule has 0 radical (unpaired) electrons. The minimum absolute atomic E-state index is 0.0699. The van der Waals surface area contributed by atoms with E-state index in [9.17, 15) is 23.2 Å². The first-order chi connectivity index (χ1) is 13.5. The number of rotatable bonds is 8. The SMILES string of the molecule is CCC1(OC(=O)c2ccc(C(=O)OC(C(C)C)C(F)(F)C(=O)O)cc2)CCCC1. The van der Waals surface area contributed by atoms with Crippen LogP contribution in [0.1, 0.15) is 73.6 Å². The Morgan fingerprint density at radius 1 is 1.07 bits per heavy atom. The molecule has 29 heavy (non-hydrogen) atoms. The van der Waals surface area contributed by atoms with Crippen LogP contribution in [-0.2, 0) is 14.3 Å². The van der Waals surface area contributed by atoms with Crippen molar-refractivity contribution in [3.63, 3.8) is 0 Å². The molecule has 0 aromatic heterocycles. The average Bonchev–Trinajstić information content (AvgIpc) is 3.14. The third-order valence-corrected chi connectivity index (χ3v) is 5.31. The third-order valence-electron chi connectivity index (χ3n) is 5.31. The lowest BCUT2D eigenvalue weighted by atomic mass is 9.98. The van der Waals surface area contributed by atoms with Crippen LogP contribution in [0, 0.1) is 5.92 Å². The van der Waals surface area contributed by atoms with Crippen LogP contribution >= 0.6 is 0 Å². The van der Waals surface area contributed by atoms with Gasteiger partial charge in [0, 0.05) is 0 Å². The van der Waals surface area contributed by atoms with Gasteiger partial charge in [-0.1, -0.05) is 20.8 Å². The fourth-order valence-electron chi connectivity index (χ4n) is 3.48. The van der Waals surface area contributed by atoms with Gasteiger partial charge >= 0.3 is 23.8 Å². The lowest BCUT2D eigenvalue weighted by Crippen LogP contribution is -2.47. The molecule has 1 unspecified atom stereocenters. The van der Waals surface area contributed by atoms with Gasteiger partial charge in [0.25, 0.3) is 0 Å². The van der Waals surface area contributed by atoms with Crippen LogP contribution in [0.5, 0.6) is 0 Å². The Hall–Kier alpha value is -2.51. The molecule has 0 spiro atoms. The van der Waals surface area contributed by atoms with Crippen molar-refractivity contribution < 1.29 is 37.7 Å². The molecule has 6 nitrogen and oxygen atoms in total. The van der Waals surface area contributed by atoms with Gasteiger partial charge in [0.1, 0.15) is 5.60 Å². The predicted octanol–water partition coefficient (Wildman–Crippen LogP) is 4.47. The monoisotopic (exact) mass is 412 g/mol. The zero-order valence-corrected chi connectivity index (χ0v) is 16.7. The van der Waals surface area contributed by atoms with Crippen LogP contribution in [0.3, 0.4) is 0 Å². The topological polar surface area (TPSA) is 89.9 Å². The van der Waals surface area contributed by atoms with E-state index in [0.717, 1.165) is 32.1 Å². The van der Waals surface area contributed by atoms with Crippen molar-refractivity contribution >= 4 is 17.9 Å². The Morgan fingerprint density at radius 3 is 1.97 bits per heavy atom. The molecular weight excluding hydrogens is 386 g/mol. The predicted molar refractivity (Wildman–Crippen MR) is 100.0 cm³/mol. The van der Waals surface area contributed by atoms with Crippen LogP contribution in [0.15, 0.2) is 24.3 Å². The molecule has 0 aliphatic heterocycles. The van der Waals surface area contributed by atoms with Crippen LogP contribution in [0.25, 0.3) is 0 Å². The minimum Gasteiger partial charge on any atom is -0.477 e. The molecule has 0 saturated heterocycles. The normalized spacial score (nSPS) is 17.0. The molecule has 0 heterocycles. The summed E-state index contributed by atoms with van der Waals surface area (Å²) in [5, 5.41) is 8.71. The molecule has 1 atom stereocenters. The molecule has 160 valence electrons. The average molecular weight is 412 g/mol. The van der Waals surface area contributed by atoms with Crippen molar-refractivity contribution in [2.75, 3.05) is 0 Å². The van der Waals surface area contributed by atoms with Crippen LogP contribution in [0.4, 0.5) is 8.78 Å². The highest BCUT2D eigenvalue weighted by atomic mass is 19.3. The maximum Gasteiger partial charge on any atom is 0.378 e. The van der Waals surface area contributed by atoms with E-state index in [1.165, 1.54) is 38.1 Å². The Bertz CT molecular complexity index is 751. The summed E-state index contributed by atoms with van der Waals surface area (Å²) in [6, 6.07) is 5.25. The third kappa shape index (κ3) is 5.10. The van der Waals surface area contributed by atoms with Crippen molar-refractivity contribution in [1.82, 2.24) is 0 Å². The van der Waals surface area contributed by atoms with Crippen LogP contribution < -0.4 is 0 Å². The number of halogens is 2. The van der Waals surface area contributed by atoms with E-state index < -0.39 is 41.5 Å². The zero-order chi connectivity index (χ0) is 21.8. The van der Waals surface area contributed by atoms with Gasteiger partial charge in [-0.15, -0.1) is 0 Å². The fraction of sp³-hybridized carbons (Fsp3) is 0.571. The number of carbonyl (C=O) groups excluding carboxylic acids is 2. The number of hydrogen-bond donors (Lipinski definition) is 1. The smallest absolute Gasteiger partial charge is 0.378 e. The zero-order valence-electron chi connectivity index (χ0n) is 16.7. The van der Waals surface area contributed by atoms with Crippen LogP contribution in [-0.4, -0.2) is 40.6 Å². The number of carbonyl (C=O) groups is 3. The Balaban J connectivity index is 2.09. The molecule has 8 heteroatoms. The van der Waals surface area contributed by atoms with Gasteiger partial charge in [-0.25, -0.2) is 14.4 Å². The number of carboxylic acids is 1. The van der Waals surface area contributed by atoms with E-state index >= 15 is 0 Å². The maximum atomic E-state index is 13.8. The minimum atomic E-state index is -4.22.